The fraction of sp³-hybridized carbons (Fsp3) is 0.222. The fourth-order valence-electron chi connectivity index (χ4n) is 2.24. The molecular weight excluding hydrogens is 399 g/mol. The first-order valence-corrected chi connectivity index (χ1v) is 8.63. The summed E-state index contributed by atoms with van der Waals surface area (Å²) in [5.41, 5.74) is 2.05. The van der Waals surface area contributed by atoms with Crippen LogP contribution in [-0.4, -0.2) is 32.9 Å². The van der Waals surface area contributed by atoms with Crippen molar-refractivity contribution in [2.24, 2.45) is 10.1 Å². The predicted molar refractivity (Wildman–Crippen MR) is 106 cm³/mol. The highest BCUT2D eigenvalue weighted by Crippen LogP contribution is 2.34. The Kier molecular flexibility index (Phi) is 7.57. The molecule has 26 heavy (non-hydrogen) atoms. The molecule has 0 aliphatic rings. The third-order valence-corrected chi connectivity index (χ3v) is 4.43. The van der Waals surface area contributed by atoms with Crippen LogP contribution in [0.2, 0.25) is 15.1 Å². The Hall–Kier alpha value is -1.95. The molecule has 0 aliphatic carbocycles. The van der Waals surface area contributed by atoms with Crippen molar-refractivity contribution in [3.63, 3.8) is 0 Å². The Morgan fingerprint density at radius 2 is 1.69 bits per heavy atom. The minimum Gasteiger partial charge on any atom is -0.487 e. The quantitative estimate of drug-likeness (QED) is 0.280. The van der Waals surface area contributed by atoms with E-state index in [1.165, 1.54) is 20.3 Å². The molecule has 0 unspecified atom stereocenters. The molecule has 0 spiro atoms. The third-order valence-electron chi connectivity index (χ3n) is 3.41. The highest BCUT2D eigenvalue weighted by atomic mass is 35.5. The van der Waals surface area contributed by atoms with Gasteiger partial charge < -0.3 is 14.3 Å². The summed E-state index contributed by atoms with van der Waals surface area (Å²) in [5, 5.41) is 5.13. The molecule has 2 aromatic carbocycles. The summed E-state index contributed by atoms with van der Waals surface area (Å²) < 4.78 is 11.1. The van der Waals surface area contributed by atoms with E-state index in [0.717, 1.165) is 11.1 Å². The van der Waals surface area contributed by atoms with Crippen molar-refractivity contribution in [2.75, 3.05) is 21.3 Å². The molecule has 0 saturated heterocycles. The summed E-state index contributed by atoms with van der Waals surface area (Å²) in [5.74, 6) is 0.768. The zero-order valence-electron chi connectivity index (χ0n) is 14.4. The zero-order valence-corrected chi connectivity index (χ0v) is 16.7. The Labute approximate surface area is 167 Å². The third kappa shape index (κ3) is 4.81. The van der Waals surface area contributed by atoms with Gasteiger partial charge in [-0.1, -0.05) is 64.2 Å². The number of methoxy groups -OCH3 is 1. The number of benzene rings is 2. The number of nitrogens with zero attached hydrogens (tertiary/aromatic N) is 2. The number of rotatable bonds is 6. The molecule has 5 nitrogen and oxygen atoms in total. The minimum absolute atomic E-state index is 0.220. The van der Waals surface area contributed by atoms with Gasteiger partial charge in [-0.2, -0.15) is 0 Å². The molecule has 138 valence electrons. The van der Waals surface area contributed by atoms with Gasteiger partial charge in [0.05, 0.1) is 22.2 Å². The van der Waals surface area contributed by atoms with E-state index in [0.29, 0.717) is 32.4 Å². The first kappa shape index (κ1) is 20.4. The van der Waals surface area contributed by atoms with Crippen molar-refractivity contribution >= 4 is 46.4 Å². The lowest BCUT2D eigenvalue weighted by atomic mass is 10.0. The molecule has 8 heteroatoms. The molecule has 0 heterocycles. The van der Waals surface area contributed by atoms with Crippen molar-refractivity contribution in [2.45, 2.75) is 6.61 Å². The van der Waals surface area contributed by atoms with E-state index < -0.39 is 0 Å². The molecule has 0 amide bonds. The molecule has 0 bridgehead atoms. The highest BCUT2D eigenvalue weighted by molar-refractivity contribution is 6.45. The number of hydrogen-bond acceptors (Lipinski definition) is 5. The fourth-order valence-corrected chi connectivity index (χ4v) is 2.83. The summed E-state index contributed by atoms with van der Waals surface area (Å²) in [4.78, 5) is 9.03. The van der Waals surface area contributed by atoms with Gasteiger partial charge in [0.1, 0.15) is 19.5 Å². The molecular formula is C18H17Cl3N2O3. The van der Waals surface area contributed by atoms with Crippen molar-refractivity contribution in [1.29, 1.82) is 0 Å². The molecule has 0 radical (unpaired) electrons. The summed E-state index contributed by atoms with van der Waals surface area (Å²) in [6, 6.07) is 10.6. The number of aliphatic imine (C=N–C) groups is 1. The smallest absolute Gasteiger partial charge is 0.238 e. The molecule has 0 atom stereocenters. The lowest BCUT2D eigenvalue weighted by Gasteiger charge is -2.14. The normalized spacial score (nSPS) is 12.1. The van der Waals surface area contributed by atoms with Crippen LogP contribution >= 0.6 is 34.8 Å². The van der Waals surface area contributed by atoms with Gasteiger partial charge in [-0.15, -0.1) is 0 Å². The lowest BCUT2D eigenvalue weighted by Crippen LogP contribution is -2.20. The topological polar surface area (TPSA) is 52.4 Å². The maximum absolute atomic E-state index is 6.16. The Balaban J connectivity index is 2.35. The maximum Gasteiger partial charge on any atom is 0.238 e. The maximum atomic E-state index is 6.16. The van der Waals surface area contributed by atoms with Crippen LogP contribution in [0, 0.1) is 0 Å². The predicted octanol–water partition coefficient (Wildman–Crippen LogP) is 5.25. The van der Waals surface area contributed by atoms with Gasteiger partial charge in [0.15, 0.2) is 5.71 Å². The summed E-state index contributed by atoms with van der Waals surface area (Å²) in [7, 11) is 4.58. The van der Waals surface area contributed by atoms with Gasteiger partial charge in [0.2, 0.25) is 5.90 Å². The molecule has 2 rings (SSSR count). The largest absolute Gasteiger partial charge is 0.487 e. The van der Waals surface area contributed by atoms with Crippen LogP contribution in [0.4, 0.5) is 0 Å². The average Bonchev–Trinajstić information content (AvgIpc) is 2.64. The van der Waals surface area contributed by atoms with Crippen LogP contribution in [0.15, 0.2) is 46.5 Å². The van der Waals surface area contributed by atoms with Crippen LogP contribution in [0.25, 0.3) is 0 Å². The molecule has 2 aromatic rings. The van der Waals surface area contributed by atoms with E-state index in [4.69, 9.17) is 49.1 Å². The van der Waals surface area contributed by atoms with Crippen LogP contribution < -0.4 is 4.74 Å². The van der Waals surface area contributed by atoms with Gasteiger partial charge in [-0.05, 0) is 11.6 Å². The van der Waals surface area contributed by atoms with Crippen molar-refractivity contribution in [3.8, 4) is 5.75 Å². The molecule has 0 saturated carbocycles. The number of halogens is 3. The highest BCUT2D eigenvalue weighted by Gasteiger charge is 2.17. The van der Waals surface area contributed by atoms with Crippen molar-refractivity contribution < 1.29 is 14.3 Å². The van der Waals surface area contributed by atoms with Crippen LogP contribution in [0.5, 0.6) is 5.75 Å². The molecule has 0 fully saturated rings. The monoisotopic (exact) mass is 414 g/mol. The first-order valence-electron chi connectivity index (χ1n) is 7.49. The number of ether oxygens (including phenoxy) is 2. The SMILES string of the molecule is CN=C(OC)/C(=N\OC)c1ccccc1COc1cc(Cl)c(Cl)cc1Cl. The van der Waals surface area contributed by atoms with E-state index in [2.05, 4.69) is 10.1 Å². The van der Waals surface area contributed by atoms with E-state index in [1.807, 2.05) is 24.3 Å². The zero-order chi connectivity index (χ0) is 19.1. The van der Waals surface area contributed by atoms with Crippen LogP contribution in [0.1, 0.15) is 11.1 Å². The number of oxime groups is 1. The second-order valence-electron chi connectivity index (χ2n) is 5.00. The van der Waals surface area contributed by atoms with Crippen LogP contribution in [0.3, 0.4) is 0 Å². The van der Waals surface area contributed by atoms with Gasteiger partial charge >= 0.3 is 0 Å². The van der Waals surface area contributed by atoms with Crippen molar-refractivity contribution in [1.82, 2.24) is 0 Å². The van der Waals surface area contributed by atoms with E-state index in [1.54, 1.807) is 13.1 Å². The second kappa shape index (κ2) is 9.67. The Morgan fingerprint density at radius 3 is 2.35 bits per heavy atom. The summed E-state index contributed by atoms with van der Waals surface area (Å²) in [6.07, 6.45) is 0. The Morgan fingerprint density at radius 1 is 1.00 bits per heavy atom. The molecule has 0 aliphatic heterocycles. The van der Waals surface area contributed by atoms with Gasteiger partial charge in [0, 0.05) is 18.7 Å². The minimum atomic E-state index is 0.220. The standard InChI is InChI=1S/C18H17Cl3N2O3/c1-22-18(24-2)17(23-25-3)12-7-5-4-6-11(12)10-26-16-9-14(20)13(19)8-15(16)21/h4-9H,10H2,1-3H3/b22-18?,23-17-. The lowest BCUT2D eigenvalue weighted by molar-refractivity contribution is 0.213. The average molecular weight is 416 g/mol. The summed E-state index contributed by atoms with van der Waals surface area (Å²) in [6.45, 7) is 0.220. The van der Waals surface area contributed by atoms with Crippen LogP contribution in [-0.2, 0) is 16.2 Å². The Bertz CT molecular complexity index is 838. The van der Waals surface area contributed by atoms with Crippen molar-refractivity contribution in [3.05, 3.63) is 62.6 Å². The van der Waals surface area contributed by atoms with E-state index in [9.17, 15) is 0 Å². The van der Waals surface area contributed by atoms with Gasteiger partial charge in [0.25, 0.3) is 0 Å². The molecule has 0 aromatic heterocycles. The summed E-state index contributed by atoms with van der Waals surface area (Å²) >= 11 is 18.1. The molecule has 0 N–H and O–H groups in total. The van der Waals surface area contributed by atoms with E-state index >= 15 is 0 Å². The number of hydrogen-bond donors (Lipinski definition) is 0. The van der Waals surface area contributed by atoms with E-state index in [-0.39, 0.29) is 6.61 Å². The first-order chi connectivity index (χ1) is 12.5. The second-order valence-corrected chi connectivity index (χ2v) is 6.22. The van der Waals surface area contributed by atoms with Gasteiger partial charge in [-0.25, -0.2) is 0 Å². The van der Waals surface area contributed by atoms with Gasteiger partial charge in [-0.3, -0.25) is 4.99 Å².